The third-order valence-electron chi connectivity index (χ3n) is 7.48. The molecule has 302 valence electrons. The van der Waals surface area contributed by atoms with Crippen LogP contribution in [0.15, 0.2) is 59.5 Å². The number of nitrogens with two attached hydrogens (primary N) is 1. The zero-order valence-electron chi connectivity index (χ0n) is 29.6. The van der Waals surface area contributed by atoms with Crippen molar-refractivity contribution < 1.29 is 66.3 Å². The van der Waals surface area contributed by atoms with E-state index >= 15 is 0 Å². The number of hydrogen-bond donors (Lipinski definition) is 3. The zero-order chi connectivity index (χ0) is 42.7. The molecule has 1 fully saturated rings. The van der Waals surface area contributed by atoms with E-state index in [1.807, 2.05) is 0 Å². The molecule has 1 saturated carbocycles. The SMILES string of the molecule is COC(=O)c1cc(Oc2ccc(Cl)cc2Cl)ccc1[N+](=O)[O-].CP(=O)(O)CCC(N)C(=O)O.CS(=O)(=O)c1ccc(C(=O)C2C(=O)CCCC2=O)c([N+](=O)[O-])c1. The summed E-state index contributed by atoms with van der Waals surface area (Å²) in [4.78, 5) is 86.7. The quantitative estimate of drug-likeness (QED) is 0.0520. The van der Waals surface area contributed by atoms with Gasteiger partial charge in [-0.15, -0.1) is 0 Å². The van der Waals surface area contributed by atoms with Gasteiger partial charge in [-0.1, -0.05) is 23.2 Å². The summed E-state index contributed by atoms with van der Waals surface area (Å²) in [6.07, 6.45) is 1.37. The van der Waals surface area contributed by atoms with Crippen LogP contribution in [-0.2, 0) is 33.5 Å². The number of sulfone groups is 1. The number of Topliss-reactive ketones (excluding diaryl/α,β-unsaturated/α-hetero) is 3. The number of carboxylic acid groups (broad SMARTS) is 1. The maximum Gasteiger partial charge on any atom is 0.345 e. The highest BCUT2D eigenvalue weighted by molar-refractivity contribution is 7.90. The number of carbonyl (C=O) groups is 5. The molecule has 0 bridgehead atoms. The van der Waals surface area contributed by atoms with E-state index in [9.17, 15) is 57.2 Å². The van der Waals surface area contributed by atoms with E-state index in [2.05, 4.69) is 4.74 Å². The van der Waals surface area contributed by atoms with Crippen LogP contribution >= 0.6 is 30.6 Å². The van der Waals surface area contributed by atoms with Crippen molar-refractivity contribution in [3.8, 4) is 11.5 Å². The van der Waals surface area contributed by atoms with Crippen LogP contribution in [0.5, 0.6) is 11.5 Å². The number of nitro benzene ring substituents is 2. The Labute approximate surface area is 328 Å². The van der Waals surface area contributed by atoms with E-state index in [4.69, 9.17) is 43.7 Å². The Morgan fingerprint density at radius 3 is 2.04 bits per heavy atom. The molecule has 2 unspecified atom stereocenters. The van der Waals surface area contributed by atoms with Crippen LogP contribution in [0.3, 0.4) is 0 Å². The lowest BCUT2D eigenvalue weighted by atomic mass is 9.81. The molecule has 56 heavy (non-hydrogen) atoms. The van der Waals surface area contributed by atoms with Crippen molar-refractivity contribution in [1.29, 1.82) is 0 Å². The number of carbonyl (C=O) groups excluding carboxylic acids is 4. The minimum Gasteiger partial charge on any atom is -0.480 e. The summed E-state index contributed by atoms with van der Waals surface area (Å²) in [7, 11) is -5.67. The van der Waals surface area contributed by atoms with Crippen molar-refractivity contribution in [2.45, 2.75) is 36.6 Å². The predicted molar refractivity (Wildman–Crippen MR) is 200 cm³/mol. The van der Waals surface area contributed by atoms with Crippen LogP contribution in [0.2, 0.25) is 10.0 Å². The number of hydrogen-bond acceptors (Lipinski definition) is 15. The van der Waals surface area contributed by atoms with Crippen LogP contribution in [0.1, 0.15) is 46.4 Å². The number of ether oxygens (including phenoxy) is 2. The fourth-order valence-electron chi connectivity index (χ4n) is 4.65. The topological polar surface area (TPSA) is 308 Å². The predicted octanol–water partition coefficient (Wildman–Crippen LogP) is 5.29. The molecule has 0 aromatic heterocycles. The van der Waals surface area contributed by atoms with Crippen molar-refractivity contribution in [3.05, 3.63) is 96.0 Å². The van der Waals surface area contributed by atoms with Gasteiger partial charge in [0, 0.05) is 55.1 Å². The molecular formula is C33H34Cl2N3O16PS. The smallest absolute Gasteiger partial charge is 0.345 e. The van der Waals surface area contributed by atoms with Crippen LogP contribution in [-0.4, -0.2) is 89.8 Å². The van der Waals surface area contributed by atoms with Crippen molar-refractivity contribution in [3.63, 3.8) is 0 Å². The van der Waals surface area contributed by atoms with E-state index in [1.54, 1.807) is 12.1 Å². The van der Waals surface area contributed by atoms with E-state index in [-0.39, 0.29) is 52.3 Å². The van der Waals surface area contributed by atoms with Crippen LogP contribution in [0.4, 0.5) is 11.4 Å². The number of methoxy groups -OCH3 is 1. The van der Waals surface area contributed by atoms with Gasteiger partial charge < -0.3 is 25.2 Å². The minimum absolute atomic E-state index is 0.0412. The number of nitro groups is 2. The number of aliphatic carboxylic acids is 1. The first-order valence-electron chi connectivity index (χ1n) is 15.7. The number of halogens is 2. The Morgan fingerprint density at radius 1 is 0.964 bits per heavy atom. The maximum absolute atomic E-state index is 12.4. The molecule has 3 aromatic rings. The molecule has 19 nitrogen and oxygen atoms in total. The molecule has 0 spiro atoms. The number of carboxylic acids is 1. The van der Waals surface area contributed by atoms with E-state index in [0.29, 0.717) is 17.2 Å². The van der Waals surface area contributed by atoms with Gasteiger partial charge in [0.2, 0.25) is 0 Å². The summed E-state index contributed by atoms with van der Waals surface area (Å²) >= 11 is 11.8. The van der Waals surface area contributed by atoms with Crippen molar-refractivity contribution in [2.24, 2.45) is 11.7 Å². The number of nitrogens with zero attached hydrogens (tertiary/aromatic N) is 2. The lowest BCUT2D eigenvalue weighted by Gasteiger charge is -2.18. The highest BCUT2D eigenvalue weighted by Crippen LogP contribution is 2.36. The molecule has 1 aliphatic carbocycles. The average Bonchev–Trinajstić information content (AvgIpc) is 3.10. The van der Waals surface area contributed by atoms with E-state index < -0.39 is 79.6 Å². The molecule has 0 heterocycles. The Bertz CT molecular complexity index is 2190. The molecule has 0 saturated heterocycles. The van der Waals surface area contributed by atoms with Gasteiger partial charge in [0.1, 0.15) is 29.0 Å². The molecule has 1 aliphatic rings. The van der Waals surface area contributed by atoms with E-state index in [1.165, 1.54) is 24.9 Å². The fourth-order valence-corrected chi connectivity index (χ4v) is 6.50. The van der Waals surface area contributed by atoms with Gasteiger partial charge in [-0.05, 0) is 49.2 Å². The van der Waals surface area contributed by atoms with Gasteiger partial charge in [0.25, 0.3) is 11.4 Å². The molecule has 0 aliphatic heterocycles. The zero-order valence-corrected chi connectivity index (χ0v) is 32.8. The Balaban J connectivity index is 0.000000309. The number of rotatable bonds is 12. The first-order valence-corrected chi connectivity index (χ1v) is 20.7. The summed E-state index contributed by atoms with van der Waals surface area (Å²) in [6.45, 7) is 1.18. The van der Waals surface area contributed by atoms with Crippen molar-refractivity contribution >= 4 is 81.1 Å². The summed E-state index contributed by atoms with van der Waals surface area (Å²) in [5.41, 5.74) is 3.34. The monoisotopic (exact) mass is 861 g/mol. The highest BCUT2D eigenvalue weighted by Gasteiger charge is 2.39. The average molecular weight is 863 g/mol. The molecule has 2 atom stereocenters. The Morgan fingerprint density at radius 2 is 1.55 bits per heavy atom. The van der Waals surface area contributed by atoms with Crippen LogP contribution in [0, 0.1) is 26.1 Å². The van der Waals surface area contributed by atoms with Gasteiger partial charge in [-0.3, -0.25) is 44.0 Å². The maximum atomic E-state index is 12.4. The largest absolute Gasteiger partial charge is 0.480 e. The molecule has 4 rings (SSSR count). The summed E-state index contributed by atoms with van der Waals surface area (Å²) in [6, 6.07) is 10.1. The Kier molecular flexibility index (Phi) is 16.9. The minimum atomic E-state index is -3.70. The van der Waals surface area contributed by atoms with Crippen LogP contribution < -0.4 is 10.5 Å². The highest BCUT2D eigenvalue weighted by atomic mass is 35.5. The number of esters is 1. The second-order valence-corrected chi connectivity index (χ2v) is 17.3. The third-order valence-corrected chi connectivity index (χ3v) is 10.2. The van der Waals surface area contributed by atoms with Gasteiger partial charge >= 0.3 is 11.9 Å². The molecule has 0 amide bonds. The van der Waals surface area contributed by atoms with E-state index in [0.717, 1.165) is 37.6 Å². The van der Waals surface area contributed by atoms with Gasteiger partial charge in [0.15, 0.2) is 34.6 Å². The Hall–Kier alpha value is -5.11. The lowest BCUT2D eigenvalue weighted by molar-refractivity contribution is -0.385. The first kappa shape index (κ1) is 47.0. The second-order valence-electron chi connectivity index (χ2n) is 11.9. The normalized spacial score (nSPS) is 14.4. The van der Waals surface area contributed by atoms with Gasteiger partial charge in [-0.25, -0.2) is 13.2 Å². The first-order chi connectivity index (χ1) is 25.9. The molecule has 3 aromatic carbocycles. The second kappa shape index (κ2) is 20.2. The third kappa shape index (κ3) is 13.9. The standard InChI is InChI=1S/C14H9Cl2NO5.C14H13NO7S.C5H12NO4P/c1-21-14(18)10-7-9(3-4-12(10)17(19)20)22-13-5-2-8(15)6-11(13)16;1-23(21,22)8-5-6-9(10(7-8)15(19)20)14(18)13-11(16)3-2-4-12(13)17;1-11(9,10)3-2-4(6)5(7)8/h2-7H,1H3;5-7,13H,2-4H2,1H3;4H,2-3,6H2,1H3,(H,7,8)(H,9,10). The van der Waals surface area contributed by atoms with Crippen molar-refractivity contribution in [2.75, 3.05) is 26.2 Å². The molecule has 23 heteroatoms. The van der Waals surface area contributed by atoms with Crippen LogP contribution in [0.25, 0.3) is 0 Å². The number of benzene rings is 3. The van der Waals surface area contributed by atoms with Crippen molar-refractivity contribution in [1.82, 2.24) is 0 Å². The molecular weight excluding hydrogens is 828 g/mol. The lowest BCUT2D eigenvalue weighted by Crippen LogP contribution is -2.35. The summed E-state index contributed by atoms with van der Waals surface area (Å²) in [5.74, 6) is -5.08. The molecule has 0 radical (unpaired) electrons. The van der Waals surface area contributed by atoms with Gasteiger partial charge in [-0.2, -0.15) is 0 Å². The summed E-state index contributed by atoms with van der Waals surface area (Å²) < 4.78 is 43.6. The number of ketones is 3. The summed E-state index contributed by atoms with van der Waals surface area (Å²) in [5, 5.41) is 31.1. The fraction of sp³-hybridized carbons (Fsp3) is 0.303. The molecule has 4 N–H and O–H groups in total. The van der Waals surface area contributed by atoms with Gasteiger partial charge in [0.05, 0.1) is 32.4 Å².